The molecule has 0 unspecified atom stereocenters. The summed E-state index contributed by atoms with van der Waals surface area (Å²) in [4.78, 5) is 4.32. The number of benzene rings is 1. The molecule has 3 N–H and O–H groups in total. The fraction of sp³-hybridized carbons (Fsp3) is 0. The molecule has 2 heterocycles. The van der Waals surface area contributed by atoms with Gasteiger partial charge in [0.05, 0.1) is 11.4 Å². The Bertz CT molecular complexity index is 659. The zero-order valence-electron chi connectivity index (χ0n) is 9.67. The Balaban J connectivity index is 2.06. The minimum absolute atomic E-state index is 0.527. The number of nitrogens with one attached hydrogen (secondary N) is 1. The number of anilines is 1. The van der Waals surface area contributed by atoms with Crippen molar-refractivity contribution in [3.63, 3.8) is 0 Å². The van der Waals surface area contributed by atoms with Crippen LogP contribution in [0.2, 0.25) is 0 Å². The number of nitrogen functional groups attached to an aromatic ring is 1. The Morgan fingerprint density at radius 2 is 1.78 bits per heavy atom. The molecule has 0 radical (unpaired) electrons. The van der Waals surface area contributed by atoms with Crippen molar-refractivity contribution in [3.05, 3.63) is 54.7 Å². The molecule has 0 aliphatic rings. The van der Waals surface area contributed by atoms with Crippen LogP contribution < -0.4 is 5.73 Å². The lowest BCUT2D eigenvalue weighted by molar-refractivity contribution is 1.10. The standard InChI is InChI=1S/C14H12N4/c15-14-6-2-5-12(17-14)10-3-1-4-11(9-10)13-7-8-16-18-13/h1-9H,(H2,15,17)(H,16,18). The highest BCUT2D eigenvalue weighted by molar-refractivity contribution is 5.69. The molecular weight excluding hydrogens is 224 g/mol. The molecular formula is C14H12N4. The molecule has 0 saturated heterocycles. The number of pyridine rings is 1. The van der Waals surface area contributed by atoms with E-state index in [0.29, 0.717) is 5.82 Å². The van der Waals surface area contributed by atoms with Crippen LogP contribution in [0.15, 0.2) is 54.7 Å². The van der Waals surface area contributed by atoms with Crippen LogP contribution in [0.1, 0.15) is 0 Å². The minimum Gasteiger partial charge on any atom is -0.384 e. The summed E-state index contributed by atoms with van der Waals surface area (Å²) in [5.74, 6) is 0.527. The fourth-order valence-electron chi connectivity index (χ4n) is 1.87. The molecule has 88 valence electrons. The first-order chi connectivity index (χ1) is 8.83. The molecule has 2 aromatic heterocycles. The first-order valence-corrected chi connectivity index (χ1v) is 5.66. The lowest BCUT2D eigenvalue weighted by Gasteiger charge is -2.04. The van der Waals surface area contributed by atoms with Gasteiger partial charge in [-0.05, 0) is 24.3 Å². The molecule has 0 saturated carbocycles. The van der Waals surface area contributed by atoms with Crippen molar-refractivity contribution in [1.29, 1.82) is 0 Å². The van der Waals surface area contributed by atoms with E-state index < -0.39 is 0 Å². The van der Waals surface area contributed by atoms with Gasteiger partial charge in [0.25, 0.3) is 0 Å². The van der Waals surface area contributed by atoms with Gasteiger partial charge in [-0.2, -0.15) is 5.10 Å². The summed E-state index contributed by atoms with van der Waals surface area (Å²) in [6.45, 7) is 0. The molecule has 3 aromatic rings. The second-order valence-corrected chi connectivity index (χ2v) is 4.00. The van der Waals surface area contributed by atoms with Gasteiger partial charge in [-0.1, -0.05) is 24.3 Å². The van der Waals surface area contributed by atoms with Gasteiger partial charge in [-0.25, -0.2) is 4.98 Å². The number of hydrogen-bond donors (Lipinski definition) is 2. The van der Waals surface area contributed by atoms with E-state index in [2.05, 4.69) is 21.2 Å². The Kier molecular flexibility index (Phi) is 2.53. The Morgan fingerprint density at radius 1 is 0.944 bits per heavy atom. The van der Waals surface area contributed by atoms with Gasteiger partial charge < -0.3 is 5.73 Å². The number of rotatable bonds is 2. The van der Waals surface area contributed by atoms with Crippen molar-refractivity contribution < 1.29 is 0 Å². The van der Waals surface area contributed by atoms with Crippen LogP contribution in [-0.2, 0) is 0 Å². The number of aromatic amines is 1. The predicted molar refractivity (Wildman–Crippen MR) is 71.7 cm³/mol. The molecule has 0 atom stereocenters. The fourth-order valence-corrected chi connectivity index (χ4v) is 1.87. The average Bonchev–Trinajstić information content (AvgIpc) is 2.93. The largest absolute Gasteiger partial charge is 0.384 e. The summed E-state index contributed by atoms with van der Waals surface area (Å²) in [7, 11) is 0. The van der Waals surface area contributed by atoms with E-state index in [0.717, 1.165) is 22.5 Å². The Hall–Kier alpha value is -2.62. The summed E-state index contributed by atoms with van der Waals surface area (Å²) < 4.78 is 0. The van der Waals surface area contributed by atoms with E-state index in [1.807, 2.05) is 36.4 Å². The molecule has 4 nitrogen and oxygen atoms in total. The van der Waals surface area contributed by atoms with Crippen LogP contribution in [0.25, 0.3) is 22.5 Å². The van der Waals surface area contributed by atoms with E-state index in [1.165, 1.54) is 0 Å². The van der Waals surface area contributed by atoms with Gasteiger partial charge in [0.15, 0.2) is 0 Å². The van der Waals surface area contributed by atoms with Crippen LogP contribution in [0.4, 0.5) is 5.82 Å². The maximum absolute atomic E-state index is 5.70. The zero-order chi connectivity index (χ0) is 12.4. The molecule has 0 aliphatic carbocycles. The zero-order valence-corrected chi connectivity index (χ0v) is 9.67. The van der Waals surface area contributed by atoms with E-state index in [1.54, 1.807) is 12.3 Å². The number of aromatic nitrogens is 3. The Morgan fingerprint density at radius 3 is 2.56 bits per heavy atom. The van der Waals surface area contributed by atoms with Crippen molar-refractivity contribution in [2.24, 2.45) is 0 Å². The number of H-pyrrole nitrogens is 1. The van der Waals surface area contributed by atoms with Gasteiger partial charge in [-0.15, -0.1) is 0 Å². The van der Waals surface area contributed by atoms with Gasteiger partial charge in [0.2, 0.25) is 0 Å². The summed E-state index contributed by atoms with van der Waals surface area (Å²) in [6, 6.07) is 15.7. The topological polar surface area (TPSA) is 67.6 Å². The van der Waals surface area contributed by atoms with Crippen molar-refractivity contribution >= 4 is 5.82 Å². The third-order valence-electron chi connectivity index (χ3n) is 2.74. The SMILES string of the molecule is Nc1cccc(-c2cccc(-c3ccn[nH]3)c2)n1. The smallest absolute Gasteiger partial charge is 0.124 e. The maximum atomic E-state index is 5.70. The molecule has 3 rings (SSSR count). The first kappa shape index (κ1) is 10.5. The lowest BCUT2D eigenvalue weighted by atomic mass is 10.1. The predicted octanol–water partition coefficient (Wildman–Crippen LogP) is 2.72. The summed E-state index contributed by atoms with van der Waals surface area (Å²) in [6.07, 6.45) is 1.74. The van der Waals surface area contributed by atoms with E-state index >= 15 is 0 Å². The van der Waals surface area contributed by atoms with Crippen LogP contribution >= 0.6 is 0 Å². The average molecular weight is 236 g/mol. The third kappa shape index (κ3) is 1.96. The quantitative estimate of drug-likeness (QED) is 0.718. The van der Waals surface area contributed by atoms with Crippen LogP contribution in [-0.4, -0.2) is 15.2 Å². The van der Waals surface area contributed by atoms with Crippen molar-refractivity contribution in [1.82, 2.24) is 15.2 Å². The second-order valence-electron chi connectivity index (χ2n) is 4.00. The first-order valence-electron chi connectivity index (χ1n) is 5.66. The van der Waals surface area contributed by atoms with Crippen molar-refractivity contribution in [2.75, 3.05) is 5.73 Å². The summed E-state index contributed by atoms with van der Waals surface area (Å²) in [5.41, 5.74) is 9.67. The molecule has 0 bridgehead atoms. The minimum atomic E-state index is 0.527. The molecule has 0 spiro atoms. The van der Waals surface area contributed by atoms with Crippen LogP contribution in [0, 0.1) is 0 Å². The summed E-state index contributed by atoms with van der Waals surface area (Å²) >= 11 is 0. The third-order valence-corrected chi connectivity index (χ3v) is 2.74. The monoisotopic (exact) mass is 236 g/mol. The molecule has 0 aliphatic heterocycles. The highest BCUT2D eigenvalue weighted by Gasteiger charge is 2.03. The Labute approximate surface area is 105 Å². The van der Waals surface area contributed by atoms with Crippen molar-refractivity contribution in [3.8, 4) is 22.5 Å². The van der Waals surface area contributed by atoms with Crippen molar-refractivity contribution in [2.45, 2.75) is 0 Å². The number of nitrogens with zero attached hydrogens (tertiary/aromatic N) is 2. The van der Waals surface area contributed by atoms with Gasteiger partial charge in [0.1, 0.15) is 5.82 Å². The highest BCUT2D eigenvalue weighted by atomic mass is 15.1. The van der Waals surface area contributed by atoms with Gasteiger partial charge >= 0.3 is 0 Å². The molecule has 0 fully saturated rings. The number of hydrogen-bond acceptors (Lipinski definition) is 3. The molecule has 4 heteroatoms. The number of nitrogens with two attached hydrogens (primary N) is 1. The van der Waals surface area contributed by atoms with Crippen LogP contribution in [0.3, 0.4) is 0 Å². The van der Waals surface area contributed by atoms with Gasteiger partial charge in [0, 0.05) is 17.3 Å². The highest BCUT2D eigenvalue weighted by Crippen LogP contribution is 2.24. The van der Waals surface area contributed by atoms with E-state index in [4.69, 9.17) is 5.73 Å². The van der Waals surface area contributed by atoms with E-state index in [9.17, 15) is 0 Å². The van der Waals surface area contributed by atoms with Crippen LogP contribution in [0.5, 0.6) is 0 Å². The molecule has 0 amide bonds. The summed E-state index contributed by atoms with van der Waals surface area (Å²) in [5, 5.41) is 6.90. The molecule has 1 aromatic carbocycles. The normalized spacial score (nSPS) is 10.4. The van der Waals surface area contributed by atoms with E-state index in [-0.39, 0.29) is 0 Å². The van der Waals surface area contributed by atoms with Gasteiger partial charge in [-0.3, -0.25) is 5.10 Å². The molecule has 18 heavy (non-hydrogen) atoms. The maximum Gasteiger partial charge on any atom is 0.124 e. The lowest BCUT2D eigenvalue weighted by Crippen LogP contribution is -1.91. The second kappa shape index (κ2) is 4.33.